The molecular formula is C14H19BrN2O3S. The van der Waals surface area contributed by atoms with Crippen molar-refractivity contribution >= 4 is 31.9 Å². The maximum Gasteiger partial charge on any atom is 0.251 e. The number of aryl methyl sites for hydroxylation is 1. The van der Waals surface area contributed by atoms with Crippen molar-refractivity contribution in [2.45, 2.75) is 50.0 Å². The minimum absolute atomic E-state index is 0.0631. The maximum absolute atomic E-state index is 12.4. The van der Waals surface area contributed by atoms with E-state index in [2.05, 4.69) is 21.2 Å². The lowest BCUT2D eigenvalue weighted by Crippen LogP contribution is -2.53. The third kappa shape index (κ3) is 3.30. The van der Waals surface area contributed by atoms with E-state index in [1.54, 1.807) is 13.0 Å². The van der Waals surface area contributed by atoms with E-state index < -0.39 is 10.0 Å². The van der Waals surface area contributed by atoms with Crippen LogP contribution in [0.3, 0.4) is 0 Å². The lowest BCUT2D eigenvalue weighted by atomic mass is 9.74. The van der Waals surface area contributed by atoms with Crippen LogP contribution in [0.5, 0.6) is 0 Å². The summed E-state index contributed by atoms with van der Waals surface area (Å²) >= 11 is 3.21. The van der Waals surface area contributed by atoms with E-state index in [1.165, 1.54) is 6.07 Å². The van der Waals surface area contributed by atoms with Gasteiger partial charge in [0.2, 0.25) is 10.0 Å². The Balaban J connectivity index is 2.36. The van der Waals surface area contributed by atoms with Crippen molar-refractivity contribution in [1.82, 2.24) is 5.32 Å². The molecule has 116 valence electrons. The molecule has 0 heterocycles. The first-order chi connectivity index (χ1) is 9.68. The highest BCUT2D eigenvalue weighted by Gasteiger charge is 2.36. The van der Waals surface area contributed by atoms with Crippen LogP contribution in [0.15, 0.2) is 21.5 Å². The number of nitrogens with one attached hydrogen (secondary N) is 1. The zero-order valence-corrected chi connectivity index (χ0v) is 14.5. The van der Waals surface area contributed by atoms with E-state index in [9.17, 15) is 13.2 Å². The fourth-order valence-electron chi connectivity index (χ4n) is 2.56. The molecule has 0 bridgehead atoms. The zero-order chi connectivity index (χ0) is 15.8. The molecule has 0 aliphatic heterocycles. The summed E-state index contributed by atoms with van der Waals surface area (Å²) in [5, 5.41) is 8.23. The summed E-state index contributed by atoms with van der Waals surface area (Å²) in [6, 6.07) is 2.99. The van der Waals surface area contributed by atoms with Gasteiger partial charge in [0.25, 0.3) is 5.91 Å². The van der Waals surface area contributed by atoms with Crippen molar-refractivity contribution in [3.8, 4) is 0 Å². The SMILES string of the molecule is CCC1(NC(=O)c2cc(C)c(Br)c(S(N)(=O)=O)c2)CCC1. The first kappa shape index (κ1) is 16.5. The molecule has 1 aliphatic carbocycles. The lowest BCUT2D eigenvalue weighted by molar-refractivity contribution is 0.0820. The van der Waals surface area contributed by atoms with Gasteiger partial charge in [-0.3, -0.25) is 4.79 Å². The van der Waals surface area contributed by atoms with Crippen molar-refractivity contribution in [3.63, 3.8) is 0 Å². The summed E-state index contributed by atoms with van der Waals surface area (Å²) in [5.74, 6) is -0.253. The average Bonchev–Trinajstić information content (AvgIpc) is 2.35. The van der Waals surface area contributed by atoms with Crippen molar-refractivity contribution < 1.29 is 13.2 Å². The Morgan fingerprint density at radius 3 is 2.48 bits per heavy atom. The topological polar surface area (TPSA) is 89.3 Å². The molecule has 2 rings (SSSR count). The van der Waals surface area contributed by atoms with Crippen molar-refractivity contribution in [3.05, 3.63) is 27.7 Å². The lowest BCUT2D eigenvalue weighted by Gasteiger charge is -2.42. The Morgan fingerprint density at radius 1 is 1.43 bits per heavy atom. The van der Waals surface area contributed by atoms with E-state index in [-0.39, 0.29) is 16.3 Å². The van der Waals surface area contributed by atoms with E-state index in [1.807, 2.05) is 6.92 Å². The van der Waals surface area contributed by atoms with Crippen molar-refractivity contribution in [1.29, 1.82) is 0 Å². The minimum atomic E-state index is -3.88. The highest BCUT2D eigenvalue weighted by Crippen LogP contribution is 2.35. The monoisotopic (exact) mass is 374 g/mol. The summed E-state index contributed by atoms with van der Waals surface area (Å²) in [6.07, 6.45) is 3.91. The number of primary sulfonamides is 1. The average molecular weight is 375 g/mol. The summed E-state index contributed by atoms with van der Waals surface area (Å²) in [6.45, 7) is 3.77. The molecule has 0 saturated heterocycles. The molecule has 0 radical (unpaired) electrons. The van der Waals surface area contributed by atoms with Gasteiger partial charge >= 0.3 is 0 Å². The molecule has 0 spiro atoms. The molecule has 1 fully saturated rings. The van der Waals surface area contributed by atoms with Gasteiger partial charge in [-0.15, -0.1) is 0 Å². The summed E-state index contributed by atoms with van der Waals surface area (Å²) in [4.78, 5) is 12.3. The second-order valence-corrected chi connectivity index (χ2v) is 7.91. The standard InChI is InChI=1S/C14H19BrN2O3S/c1-3-14(5-4-6-14)17-13(18)10-7-9(2)12(15)11(8-10)21(16,19)20/h7-8H,3-6H2,1-2H3,(H,17,18)(H2,16,19,20). The predicted octanol–water partition coefficient (Wildman–Crippen LogP) is 2.47. The zero-order valence-electron chi connectivity index (χ0n) is 12.1. The van der Waals surface area contributed by atoms with E-state index in [4.69, 9.17) is 5.14 Å². The molecule has 0 aromatic heterocycles. The molecule has 7 heteroatoms. The number of hydrogen-bond acceptors (Lipinski definition) is 3. The Labute approximate surface area is 133 Å². The van der Waals surface area contributed by atoms with Crippen molar-refractivity contribution in [2.24, 2.45) is 5.14 Å². The quantitative estimate of drug-likeness (QED) is 0.847. The van der Waals surface area contributed by atoms with Crippen LogP contribution in [0.4, 0.5) is 0 Å². The van der Waals surface area contributed by atoms with Crippen LogP contribution in [0.2, 0.25) is 0 Å². The van der Waals surface area contributed by atoms with Gasteiger partial charge in [-0.2, -0.15) is 0 Å². The fourth-order valence-corrected chi connectivity index (χ4v) is 4.17. The Kier molecular flexibility index (Phi) is 4.46. The van der Waals surface area contributed by atoms with Gasteiger partial charge < -0.3 is 5.32 Å². The highest BCUT2D eigenvalue weighted by atomic mass is 79.9. The van der Waals surface area contributed by atoms with E-state index in [0.717, 1.165) is 25.7 Å². The van der Waals surface area contributed by atoms with Crippen LogP contribution in [-0.4, -0.2) is 19.9 Å². The highest BCUT2D eigenvalue weighted by molar-refractivity contribution is 9.10. The van der Waals surface area contributed by atoms with Crippen LogP contribution < -0.4 is 10.5 Å². The van der Waals surface area contributed by atoms with Gasteiger partial charge in [-0.1, -0.05) is 6.92 Å². The third-order valence-corrected chi connectivity index (χ3v) is 6.41. The van der Waals surface area contributed by atoms with E-state index in [0.29, 0.717) is 15.6 Å². The number of amides is 1. The smallest absolute Gasteiger partial charge is 0.251 e. The van der Waals surface area contributed by atoms with Crippen LogP contribution in [0.25, 0.3) is 0 Å². The number of rotatable bonds is 4. The molecule has 0 atom stereocenters. The Bertz CT molecular complexity index is 676. The summed E-state index contributed by atoms with van der Waals surface area (Å²) in [7, 11) is -3.88. The molecule has 1 aromatic rings. The van der Waals surface area contributed by atoms with Gasteiger partial charge in [-0.05, 0) is 66.2 Å². The van der Waals surface area contributed by atoms with Crippen LogP contribution in [0, 0.1) is 6.92 Å². The van der Waals surface area contributed by atoms with Crippen LogP contribution >= 0.6 is 15.9 Å². The molecule has 5 nitrogen and oxygen atoms in total. The van der Waals surface area contributed by atoms with Gasteiger partial charge in [0.1, 0.15) is 0 Å². The molecule has 1 aromatic carbocycles. The van der Waals surface area contributed by atoms with Crippen LogP contribution in [0.1, 0.15) is 48.5 Å². The maximum atomic E-state index is 12.4. The van der Waals surface area contributed by atoms with Crippen molar-refractivity contribution in [2.75, 3.05) is 0 Å². The molecule has 3 N–H and O–H groups in total. The molecule has 21 heavy (non-hydrogen) atoms. The summed E-state index contributed by atoms with van der Waals surface area (Å²) in [5.41, 5.74) is 0.838. The Hall–Kier alpha value is -0.920. The number of benzene rings is 1. The number of carbonyl (C=O) groups is 1. The summed E-state index contributed by atoms with van der Waals surface area (Å²) < 4.78 is 23.6. The first-order valence-electron chi connectivity index (χ1n) is 6.84. The molecule has 1 amide bonds. The van der Waals surface area contributed by atoms with E-state index >= 15 is 0 Å². The van der Waals surface area contributed by atoms with Gasteiger partial charge in [0.15, 0.2) is 0 Å². The largest absolute Gasteiger partial charge is 0.347 e. The first-order valence-corrected chi connectivity index (χ1v) is 9.18. The molecule has 0 unspecified atom stereocenters. The Morgan fingerprint density at radius 2 is 2.05 bits per heavy atom. The number of nitrogens with two attached hydrogens (primary N) is 1. The molecule has 1 saturated carbocycles. The number of hydrogen-bond donors (Lipinski definition) is 2. The van der Waals surface area contributed by atoms with Gasteiger partial charge in [-0.25, -0.2) is 13.6 Å². The predicted molar refractivity (Wildman–Crippen MR) is 84.6 cm³/mol. The molecular weight excluding hydrogens is 356 g/mol. The fraction of sp³-hybridized carbons (Fsp3) is 0.500. The molecule has 1 aliphatic rings. The normalized spacial score (nSPS) is 17.1. The third-order valence-electron chi connectivity index (χ3n) is 4.16. The number of halogens is 1. The van der Waals surface area contributed by atoms with Crippen LogP contribution in [-0.2, 0) is 10.0 Å². The van der Waals surface area contributed by atoms with Gasteiger partial charge in [0, 0.05) is 15.6 Å². The number of carbonyl (C=O) groups excluding carboxylic acids is 1. The number of sulfonamides is 1. The second kappa shape index (κ2) is 5.70. The minimum Gasteiger partial charge on any atom is -0.347 e. The van der Waals surface area contributed by atoms with Gasteiger partial charge in [0.05, 0.1) is 4.90 Å². The second-order valence-electron chi connectivity index (χ2n) is 5.59.